The number of amides is 3. The van der Waals surface area contributed by atoms with Crippen LogP contribution in [0.25, 0.3) is 0 Å². The van der Waals surface area contributed by atoms with E-state index in [0.29, 0.717) is 28.1 Å². The molecule has 0 saturated heterocycles. The van der Waals surface area contributed by atoms with Crippen LogP contribution in [-0.4, -0.2) is 56.5 Å². The molecule has 1 atom stereocenters. The van der Waals surface area contributed by atoms with E-state index in [4.69, 9.17) is 4.84 Å². The fourth-order valence-corrected chi connectivity index (χ4v) is 4.76. The van der Waals surface area contributed by atoms with Crippen molar-refractivity contribution in [1.29, 1.82) is 0 Å². The van der Waals surface area contributed by atoms with Gasteiger partial charge in [-0.1, -0.05) is 12.1 Å². The summed E-state index contributed by atoms with van der Waals surface area (Å²) in [5, 5.41) is 2.71. The molecule has 0 spiro atoms. The molecule has 10 nitrogen and oxygen atoms in total. The van der Waals surface area contributed by atoms with Gasteiger partial charge in [-0.05, 0) is 30.9 Å². The quantitative estimate of drug-likeness (QED) is 0.560. The molecule has 3 heterocycles. The number of nitrogens with zero attached hydrogens (tertiary/aromatic N) is 4. The number of carbonyl (C=O) groups is 3. The van der Waals surface area contributed by atoms with Gasteiger partial charge in [-0.25, -0.2) is 9.78 Å². The zero-order chi connectivity index (χ0) is 22.3. The van der Waals surface area contributed by atoms with Crippen molar-refractivity contribution in [1.82, 2.24) is 25.4 Å². The standard InChI is InChI=1S/C22H24N6O4/c1-28(13-19(32-25-28)24-22(31)26-11-10-23-14-26)16-8-6-15(7-9-16)12-27-20(29)17-4-2-3-5-18(17)21(27)30/h2-5,10-11,13-16,25H,6-9,12H2,1H3/p+1. The molecule has 0 radical (unpaired) electrons. The summed E-state index contributed by atoms with van der Waals surface area (Å²) < 4.78 is 1.68. The second-order valence-electron chi connectivity index (χ2n) is 8.68. The Bertz CT molecular complexity index is 1050. The van der Waals surface area contributed by atoms with E-state index in [1.54, 1.807) is 30.5 Å². The number of imidazole rings is 1. The summed E-state index contributed by atoms with van der Waals surface area (Å²) in [5.41, 5.74) is 4.00. The summed E-state index contributed by atoms with van der Waals surface area (Å²) in [5.74, 6) is 0.234. The highest BCUT2D eigenvalue weighted by Crippen LogP contribution is 2.34. The van der Waals surface area contributed by atoms with Crippen molar-refractivity contribution in [3.8, 4) is 0 Å². The molecule has 1 aromatic heterocycles. The van der Waals surface area contributed by atoms with Gasteiger partial charge in [0, 0.05) is 37.4 Å². The van der Waals surface area contributed by atoms with Gasteiger partial charge in [0.15, 0.2) is 6.20 Å². The number of hydrogen-bond donors (Lipinski definition) is 2. The van der Waals surface area contributed by atoms with E-state index in [0.717, 1.165) is 25.7 Å². The molecule has 3 aliphatic rings. The van der Waals surface area contributed by atoms with E-state index < -0.39 is 0 Å². The van der Waals surface area contributed by atoms with Crippen LogP contribution in [0.5, 0.6) is 0 Å². The number of imide groups is 1. The minimum Gasteiger partial charge on any atom is -0.338 e. The summed E-state index contributed by atoms with van der Waals surface area (Å²) >= 11 is 0. The van der Waals surface area contributed by atoms with E-state index in [9.17, 15) is 14.4 Å². The Morgan fingerprint density at radius 3 is 2.50 bits per heavy atom. The third-order valence-electron chi connectivity index (χ3n) is 6.60. The van der Waals surface area contributed by atoms with Crippen LogP contribution in [0.2, 0.25) is 0 Å². The Hall–Kier alpha value is -3.50. The minimum absolute atomic E-state index is 0.192. The summed E-state index contributed by atoms with van der Waals surface area (Å²) in [6.45, 7) is 0.453. The van der Waals surface area contributed by atoms with Gasteiger partial charge >= 0.3 is 6.03 Å². The highest BCUT2D eigenvalue weighted by molar-refractivity contribution is 6.21. The number of fused-ring (bicyclic) bond motifs is 1. The van der Waals surface area contributed by atoms with Crippen LogP contribution in [-0.2, 0) is 4.84 Å². The van der Waals surface area contributed by atoms with Crippen molar-refractivity contribution in [2.24, 2.45) is 5.92 Å². The lowest BCUT2D eigenvalue weighted by Gasteiger charge is -2.37. The lowest BCUT2D eigenvalue weighted by molar-refractivity contribution is -0.945. The molecule has 0 bridgehead atoms. The van der Waals surface area contributed by atoms with Crippen molar-refractivity contribution in [2.75, 3.05) is 13.6 Å². The van der Waals surface area contributed by atoms with Gasteiger partial charge in [0.05, 0.1) is 18.2 Å². The number of carbonyl (C=O) groups excluding carboxylic acids is 3. The Morgan fingerprint density at radius 1 is 1.19 bits per heavy atom. The van der Waals surface area contributed by atoms with Crippen LogP contribution < -0.4 is 10.9 Å². The number of aromatic nitrogens is 2. The van der Waals surface area contributed by atoms with Crippen LogP contribution >= 0.6 is 0 Å². The smallest absolute Gasteiger partial charge is 0.333 e. The molecular weight excluding hydrogens is 412 g/mol. The average Bonchev–Trinajstić information content (AvgIpc) is 3.52. The molecule has 1 fully saturated rings. The largest absolute Gasteiger partial charge is 0.338 e. The number of benzene rings is 1. The van der Waals surface area contributed by atoms with Crippen LogP contribution in [0.1, 0.15) is 46.4 Å². The van der Waals surface area contributed by atoms with Gasteiger partial charge in [-0.2, -0.15) is 4.59 Å². The molecule has 2 aliphatic heterocycles. The summed E-state index contributed by atoms with van der Waals surface area (Å²) in [6, 6.07) is 6.89. The van der Waals surface area contributed by atoms with Gasteiger partial charge in [0.2, 0.25) is 0 Å². The van der Waals surface area contributed by atoms with E-state index in [1.807, 2.05) is 13.2 Å². The first kappa shape index (κ1) is 20.4. The second-order valence-corrected chi connectivity index (χ2v) is 8.68. The molecule has 5 rings (SSSR count). The van der Waals surface area contributed by atoms with E-state index >= 15 is 0 Å². The molecule has 10 heteroatoms. The number of rotatable bonds is 4. The van der Waals surface area contributed by atoms with E-state index in [1.165, 1.54) is 22.0 Å². The molecule has 1 unspecified atom stereocenters. The Balaban J connectivity index is 1.17. The fourth-order valence-electron chi connectivity index (χ4n) is 4.76. The monoisotopic (exact) mass is 437 g/mol. The maximum absolute atomic E-state index is 12.6. The molecule has 3 amide bonds. The van der Waals surface area contributed by atoms with Crippen molar-refractivity contribution in [3.63, 3.8) is 0 Å². The van der Waals surface area contributed by atoms with Gasteiger partial charge in [-0.15, -0.1) is 0 Å². The van der Waals surface area contributed by atoms with Crippen molar-refractivity contribution in [2.45, 2.75) is 31.7 Å². The topological polar surface area (TPSA) is 106 Å². The van der Waals surface area contributed by atoms with Crippen molar-refractivity contribution >= 4 is 17.8 Å². The maximum Gasteiger partial charge on any atom is 0.333 e. The minimum atomic E-state index is -0.353. The molecule has 1 saturated carbocycles. The molecule has 2 aromatic rings. The second kappa shape index (κ2) is 7.88. The molecule has 1 aromatic carbocycles. The molecule has 32 heavy (non-hydrogen) atoms. The lowest BCUT2D eigenvalue weighted by atomic mass is 9.85. The van der Waals surface area contributed by atoms with Gasteiger partial charge < -0.3 is 4.84 Å². The number of quaternary nitrogens is 1. The predicted octanol–water partition coefficient (Wildman–Crippen LogP) is 1.99. The Kier molecular flexibility index (Phi) is 5.03. The Labute approximate surface area is 185 Å². The average molecular weight is 437 g/mol. The van der Waals surface area contributed by atoms with Gasteiger partial charge in [0.25, 0.3) is 17.7 Å². The zero-order valence-electron chi connectivity index (χ0n) is 17.7. The summed E-state index contributed by atoms with van der Waals surface area (Å²) in [4.78, 5) is 48.2. The van der Waals surface area contributed by atoms with Gasteiger partial charge in [0.1, 0.15) is 12.4 Å². The van der Waals surface area contributed by atoms with E-state index in [-0.39, 0.29) is 29.8 Å². The number of hydrogen-bond acceptors (Lipinski definition) is 6. The highest BCUT2D eigenvalue weighted by atomic mass is 16.7. The number of nitrogens with one attached hydrogen (secondary N) is 2. The normalized spacial score (nSPS) is 27.2. The summed E-state index contributed by atoms with van der Waals surface area (Å²) in [7, 11) is 1.99. The lowest BCUT2D eigenvalue weighted by Crippen LogP contribution is -2.55. The third-order valence-corrected chi connectivity index (χ3v) is 6.60. The molecule has 2 N–H and O–H groups in total. The molecule has 1 aliphatic carbocycles. The zero-order valence-corrected chi connectivity index (χ0v) is 17.7. The molecular formula is C22H25N6O4+. The van der Waals surface area contributed by atoms with Gasteiger partial charge in [-0.3, -0.25) is 24.4 Å². The van der Waals surface area contributed by atoms with Crippen molar-refractivity contribution < 1.29 is 23.8 Å². The Morgan fingerprint density at radius 2 is 1.88 bits per heavy atom. The fraction of sp³-hybridized carbons (Fsp3) is 0.364. The first-order valence-electron chi connectivity index (χ1n) is 10.7. The third kappa shape index (κ3) is 3.57. The maximum atomic E-state index is 12.6. The van der Waals surface area contributed by atoms with Crippen LogP contribution in [0.3, 0.4) is 0 Å². The van der Waals surface area contributed by atoms with Crippen molar-refractivity contribution in [3.05, 3.63) is 66.2 Å². The van der Waals surface area contributed by atoms with Crippen LogP contribution in [0.4, 0.5) is 4.79 Å². The highest BCUT2D eigenvalue weighted by Gasteiger charge is 2.43. The van der Waals surface area contributed by atoms with Crippen LogP contribution in [0.15, 0.2) is 55.1 Å². The first-order valence-corrected chi connectivity index (χ1v) is 10.7. The van der Waals surface area contributed by atoms with Crippen LogP contribution in [0, 0.1) is 5.92 Å². The first-order chi connectivity index (χ1) is 15.4. The molecule has 166 valence electrons. The SMILES string of the molecule is C[N+]1(C2CCC(CN3C(=O)c4ccccc4C3=O)CC2)C=C(NC(=O)n2ccnc2)ON1. The summed E-state index contributed by atoms with van der Waals surface area (Å²) in [6.07, 6.45) is 9.96. The predicted molar refractivity (Wildman–Crippen MR) is 112 cm³/mol. The van der Waals surface area contributed by atoms with E-state index in [2.05, 4.69) is 15.9 Å².